The van der Waals surface area contributed by atoms with Crippen LogP contribution in [-0.4, -0.2) is 29.2 Å². The summed E-state index contributed by atoms with van der Waals surface area (Å²) in [5, 5.41) is 13.5. The second-order valence-corrected chi connectivity index (χ2v) is 10.3. The second-order valence-electron chi connectivity index (χ2n) is 10.3. The number of ether oxygens (including phenoxy) is 1. The van der Waals surface area contributed by atoms with Crippen molar-refractivity contribution < 1.29 is 14.6 Å². The molecular weight excluding hydrogens is 436 g/mol. The van der Waals surface area contributed by atoms with Crippen LogP contribution in [0.2, 0.25) is 0 Å². The standard InChI is InChI=1S/C30H36N2O3/c1-30(2,3)24-13-15-27(35-4)23(19-24)20-31-28-16-14-26(22-10-6-5-7-11-22)32(28)29(34)18-21-9-8-12-25(33)17-21/h5-13,15,17,19,26,28,31,33H,14,16,18,20H2,1-4H3. The molecule has 5 heteroatoms. The third kappa shape index (κ3) is 5.85. The van der Waals surface area contributed by atoms with E-state index in [1.807, 2.05) is 35.2 Å². The fraction of sp³-hybridized carbons (Fsp3) is 0.367. The summed E-state index contributed by atoms with van der Waals surface area (Å²) < 4.78 is 5.64. The van der Waals surface area contributed by atoms with Crippen LogP contribution in [0, 0.1) is 0 Å². The van der Waals surface area contributed by atoms with Crippen molar-refractivity contribution in [2.75, 3.05) is 7.11 Å². The number of phenolic OH excluding ortho intramolecular Hbond substituents is 1. The first-order chi connectivity index (χ1) is 16.8. The van der Waals surface area contributed by atoms with Crippen molar-refractivity contribution >= 4 is 5.91 Å². The van der Waals surface area contributed by atoms with Crippen molar-refractivity contribution in [2.24, 2.45) is 0 Å². The minimum atomic E-state index is -0.0898. The van der Waals surface area contributed by atoms with Gasteiger partial charge in [-0.05, 0) is 53.1 Å². The summed E-state index contributed by atoms with van der Waals surface area (Å²) in [5.41, 5.74) is 4.33. The zero-order valence-electron chi connectivity index (χ0n) is 21.1. The number of nitrogens with zero attached hydrogens (tertiary/aromatic N) is 1. The summed E-state index contributed by atoms with van der Waals surface area (Å²) in [6.07, 6.45) is 1.92. The van der Waals surface area contributed by atoms with E-state index in [0.29, 0.717) is 6.54 Å². The van der Waals surface area contributed by atoms with Gasteiger partial charge >= 0.3 is 0 Å². The van der Waals surface area contributed by atoms with E-state index in [2.05, 4.69) is 50.4 Å². The lowest BCUT2D eigenvalue weighted by molar-refractivity contribution is -0.134. The molecule has 2 unspecified atom stereocenters. The van der Waals surface area contributed by atoms with Gasteiger partial charge in [-0.3, -0.25) is 10.1 Å². The lowest BCUT2D eigenvalue weighted by Gasteiger charge is -2.32. The van der Waals surface area contributed by atoms with Gasteiger partial charge < -0.3 is 14.7 Å². The molecule has 1 aliphatic heterocycles. The molecule has 184 valence electrons. The predicted octanol–water partition coefficient (Wildman–Crippen LogP) is 5.72. The minimum absolute atomic E-state index is 0.0151. The number of hydrogen-bond donors (Lipinski definition) is 2. The molecule has 3 aromatic rings. The number of methoxy groups -OCH3 is 1. The van der Waals surface area contributed by atoms with Crippen molar-refractivity contribution in [1.29, 1.82) is 0 Å². The summed E-state index contributed by atoms with van der Waals surface area (Å²) in [6.45, 7) is 7.22. The molecule has 0 aliphatic carbocycles. The summed E-state index contributed by atoms with van der Waals surface area (Å²) in [7, 11) is 1.70. The summed E-state index contributed by atoms with van der Waals surface area (Å²) in [5.74, 6) is 1.08. The van der Waals surface area contributed by atoms with Gasteiger partial charge in [-0.15, -0.1) is 0 Å². The summed E-state index contributed by atoms with van der Waals surface area (Å²) in [6, 6.07) is 23.6. The Morgan fingerprint density at radius 2 is 1.80 bits per heavy atom. The third-order valence-corrected chi connectivity index (χ3v) is 6.80. The number of carbonyl (C=O) groups excluding carboxylic acids is 1. The van der Waals surface area contributed by atoms with Gasteiger partial charge in [-0.2, -0.15) is 0 Å². The molecule has 0 aromatic heterocycles. The smallest absolute Gasteiger partial charge is 0.228 e. The van der Waals surface area contributed by atoms with E-state index in [1.165, 1.54) is 5.56 Å². The molecular formula is C30H36N2O3. The number of likely N-dealkylation sites (tertiary alicyclic amines) is 1. The van der Waals surface area contributed by atoms with Crippen molar-refractivity contribution in [3.05, 3.63) is 95.1 Å². The molecule has 0 bridgehead atoms. The van der Waals surface area contributed by atoms with E-state index in [-0.39, 0.29) is 35.7 Å². The van der Waals surface area contributed by atoms with Crippen molar-refractivity contribution in [3.8, 4) is 11.5 Å². The van der Waals surface area contributed by atoms with Gasteiger partial charge in [0, 0.05) is 12.1 Å². The van der Waals surface area contributed by atoms with Crippen LogP contribution in [0.25, 0.3) is 0 Å². The van der Waals surface area contributed by atoms with E-state index in [9.17, 15) is 9.90 Å². The first-order valence-corrected chi connectivity index (χ1v) is 12.3. The van der Waals surface area contributed by atoms with Crippen LogP contribution in [0.3, 0.4) is 0 Å². The van der Waals surface area contributed by atoms with Gasteiger partial charge in [0.15, 0.2) is 0 Å². The van der Waals surface area contributed by atoms with Crippen LogP contribution in [0.4, 0.5) is 0 Å². The van der Waals surface area contributed by atoms with Gasteiger partial charge in [0.1, 0.15) is 11.5 Å². The number of phenols is 1. The number of rotatable bonds is 7. The fourth-order valence-electron chi connectivity index (χ4n) is 4.90. The zero-order chi connectivity index (χ0) is 25.0. The van der Waals surface area contributed by atoms with E-state index in [4.69, 9.17) is 4.74 Å². The van der Waals surface area contributed by atoms with Gasteiger partial charge in [0.2, 0.25) is 5.91 Å². The Morgan fingerprint density at radius 1 is 1.03 bits per heavy atom. The molecule has 1 heterocycles. The normalized spacial score (nSPS) is 18.0. The maximum absolute atomic E-state index is 13.6. The van der Waals surface area contributed by atoms with Crippen molar-refractivity contribution in [1.82, 2.24) is 10.2 Å². The van der Waals surface area contributed by atoms with Gasteiger partial charge in [-0.1, -0.05) is 75.4 Å². The highest BCUT2D eigenvalue weighted by molar-refractivity contribution is 5.80. The Morgan fingerprint density at radius 3 is 2.49 bits per heavy atom. The molecule has 1 aliphatic rings. The largest absolute Gasteiger partial charge is 0.508 e. The van der Waals surface area contributed by atoms with Gasteiger partial charge in [0.25, 0.3) is 0 Å². The minimum Gasteiger partial charge on any atom is -0.508 e. The lowest BCUT2D eigenvalue weighted by Crippen LogP contribution is -2.46. The quantitative estimate of drug-likeness (QED) is 0.462. The van der Waals surface area contributed by atoms with Gasteiger partial charge in [-0.25, -0.2) is 0 Å². The Labute approximate surface area is 208 Å². The zero-order valence-corrected chi connectivity index (χ0v) is 21.1. The second kappa shape index (κ2) is 10.5. The Hall–Kier alpha value is -3.31. The van der Waals surface area contributed by atoms with E-state index >= 15 is 0 Å². The predicted molar refractivity (Wildman–Crippen MR) is 139 cm³/mol. The molecule has 0 spiro atoms. The van der Waals surface area contributed by atoms with Crippen LogP contribution in [0.5, 0.6) is 11.5 Å². The van der Waals surface area contributed by atoms with Crippen molar-refractivity contribution in [2.45, 2.75) is 64.2 Å². The van der Waals surface area contributed by atoms with Crippen molar-refractivity contribution in [3.63, 3.8) is 0 Å². The highest BCUT2D eigenvalue weighted by Gasteiger charge is 2.37. The van der Waals surface area contributed by atoms with Gasteiger partial charge in [0.05, 0.1) is 25.7 Å². The molecule has 0 radical (unpaired) electrons. The SMILES string of the molecule is COc1ccc(C(C)(C)C)cc1CNC1CCC(c2ccccc2)N1C(=O)Cc1cccc(O)c1. The third-order valence-electron chi connectivity index (χ3n) is 6.80. The molecule has 2 atom stereocenters. The number of nitrogens with one attached hydrogen (secondary N) is 1. The molecule has 1 amide bonds. The maximum Gasteiger partial charge on any atom is 0.228 e. The number of hydrogen-bond acceptors (Lipinski definition) is 4. The fourth-order valence-corrected chi connectivity index (χ4v) is 4.90. The summed E-state index contributed by atoms with van der Waals surface area (Å²) >= 11 is 0. The number of amides is 1. The average Bonchev–Trinajstić information content (AvgIpc) is 3.26. The Bertz CT molecular complexity index is 1150. The van der Waals surface area contributed by atoms with Crippen LogP contribution in [-0.2, 0) is 23.2 Å². The molecule has 1 fully saturated rings. The lowest BCUT2D eigenvalue weighted by atomic mass is 9.86. The van der Waals surface area contributed by atoms with Crippen LogP contribution >= 0.6 is 0 Å². The highest BCUT2D eigenvalue weighted by atomic mass is 16.5. The first kappa shape index (κ1) is 24.8. The topological polar surface area (TPSA) is 61.8 Å². The van der Waals surface area contributed by atoms with Crippen LogP contribution < -0.4 is 10.1 Å². The molecule has 5 nitrogen and oxygen atoms in total. The van der Waals surface area contributed by atoms with Crippen LogP contribution in [0.1, 0.15) is 61.9 Å². The molecule has 3 aromatic carbocycles. The maximum atomic E-state index is 13.6. The van der Waals surface area contributed by atoms with E-state index in [1.54, 1.807) is 25.3 Å². The molecule has 2 N–H and O–H groups in total. The van der Waals surface area contributed by atoms with E-state index < -0.39 is 0 Å². The Balaban J connectivity index is 1.58. The monoisotopic (exact) mass is 472 g/mol. The Kier molecular flexibility index (Phi) is 7.46. The number of benzene rings is 3. The first-order valence-electron chi connectivity index (χ1n) is 12.3. The molecule has 4 rings (SSSR count). The van der Waals surface area contributed by atoms with E-state index in [0.717, 1.165) is 35.3 Å². The molecule has 35 heavy (non-hydrogen) atoms. The number of aromatic hydroxyl groups is 1. The average molecular weight is 473 g/mol. The highest BCUT2D eigenvalue weighted by Crippen LogP contribution is 2.36. The summed E-state index contributed by atoms with van der Waals surface area (Å²) in [4.78, 5) is 15.6. The number of carbonyl (C=O) groups is 1. The van der Waals surface area contributed by atoms with Crippen LogP contribution in [0.15, 0.2) is 72.8 Å². The molecule has 0 saturated carbocycles. The molecule has 1 saturated heterocycles.